The van der Waals surface area contributed by atoms with E-state index in [1.54, 1.807) is 6.07 Å². The van der Waals surface area contributed by atoms with Crippen LogP contribution >= 0.6 is 0 Å². The van der Waals surface area contributed by atoms with E-state index in [1.165, 1.54) is 31.2 Å². The monoisotopic (exact) mass is 385 g/mol. The van der Waals surface area contributed by atoms with Crippen LogP contribution in [0.5, 0.6) is 5.88 Å². The number of nitrogens with zero attached hydrogens (tertiary/aromatic N) is 3. The van der Waals surface area contributed by atoms with E-state index in [2.05, 4.69) is 0 Å². The molecule has 0 aliphatic heterocycles. The summed E-state index contributed by atoms with van der Waals surface area (Å²) < 4.78 is 6.18. The molecule has 9 heteroatoms. The molecule has 0 saturated carbocycles. The van der Waals surface area contributed by atoms with Gasteiger partial charge in [-0.2, -0.15) is 5.26 Å². The Morgan fingerprint density at radius 3 is 2.54 bits per heavy atom. The third-order valence-corrected chi connectivity index (χ3v) is 4.24. The van der Waals surface area contributed by atoms with Crippen molar-refractivity contribution >= 4 is 11.5 Å². The minimum atomic E-state index is -0.686. The highest BCUT2D eigenvalue weighted by Crippen LogP contribution is 2.26. The Bertz CT molecular complexity index is 1000. The van der Waals surface area contributed by atoms with Crippen molar-refractivity contribution in [3.8, 4) is 11.9 Å². The van der Waals surface area contributed by atoms with E-state index in [4.69, 9.17) is 4.74 Å². The van der Waals surface area contributed by atoms with E-state index < -0.39 is 22.1 Å². The number of nitriles is 1. The molecular formula is C19H19N3O6. The third kappa shape index (κ3) is 4.07. The number of benzene rings is 1. The van der Waals surface area contributed by atoms with Crippen LogP contribution in [-0.4, -0.2) is 33.6 Å². The van der Waals surface area contributed by atoms with Gasteiger partial charge >= 0.3 is 0 Å². The highest BCUT2D eigenvalue weighted by molar-refractivity contribution is 6.11. The fourth-order valence-electron chi connectivity index (χ4n) is 2.78. The molecule has 0 aliphatic rings. The zero-order valence-corrected chi connectivity index (χ0v) is 15.5. The van der Waals surface area contributed by atoms with Gasteiger partial charge in [-0.1, -0.05) is 0 Å². The van der Waals surface area contributed by atoms with Gasteiger partial charge in [-0.15, -0.1) is 0 Å². The van der Waals surface area contributed by atoms with Gasteiger partial charge in [-0.05, 0) is 38.0 Å². The van der Waals surface area contributed by atoms with E-state index in [0.29, 0.717) is 19.6 Å². The lowest BCUT2D eigenvalue weighted by Crippen LogP contribution is -2.27. The van der Waals surface area contributed by atoms with Crippen LogP contribution in [0.4, 0.5) is 5.69 Å². The fraction of sp³-hybridized carbons (Fsp3) is 0.316. The Morgan fingerprint density at radius 2 is 2.00 bits per heavy atom. The number of hydrogen-bond acceptors (Lipinski definition) is 7. The van der Waals surface area contributed by atoms with Gasteiger partial charge in [0.2, 0.25) is 5.88 Å². The maximum atomic E-state index is 12.9. The number of hydrogen-bond donors (Lipinski definition) is 1. The average molecular weight is 385 g/mol. The molecule has 2 rings (SSSR count). The third-order valence-electron chi connectivity index (χ3n) is 4.24. The molecule has 28 heavy (non-hydrogen) atoms. The summed E-state index contributed by atoms with van der Waals surface area (Å²) in [5, 5.41) is 30.7. The summed E-state index contributed by atoms with van der Waals surface area (Å²) in [5.41, 5.74) is -1.13. The van der Waals surface area contributed by atoms with E-state index in [-0.39, 0.29) is 34.5 Å². The molecule has 0 fully saturated rings. The van der Waals surface area contributed by atoms with Crippen LogP contribution in [0.15, 0.2) is 29.1 Å². The van der Waals surface area contributed by atoms with Gasteiger partial charge in [0.15, 0.2) is 5.78 Å². The summed E-state index contributed by atoms with van der Waals surface area (Å²) >= 11 is 0. The first kappa shape index (κ1) is 20.8. The second-order valence-corrected chi connectivity index (χ2v) is 5.95. The van der Waals surface area contributed by atoms with Crippen molar-refractivity contribution in [2.75, 3.05) is 13.2 Å². The predicted molar refractivity (Wildman–Crippen MR) is 99.5 cm³/mol. The number of ether oxygens (including phenoxy) is 1. The Kier molecular flexibility index (Phi) is 6.63. The van der Waals surface area contributed by atoms with Crippen LogP contribution in [0.1, 0.15) is 40.4 Å². The second-order valence-electron chi connectivity index (χ2n) is 5.95. The molecule has 1 aromatic carbocycles. The molecule has 1 heterocycles. The molecule has 0 bridgehead atoms. The number of aromatic nitrogens is 1. The van der Waals surface area contributed by atoms with E-state index >= 15 is 0 Å². The van der Waals surface area contributed by atoms with Crippen molar-refractivity contribution in [1.82, 2.24) is 4.57 Å². The van der Waals surface area contributed by atoms with Crippen molar-refractivity contribution in [1.29, 1.82) is 5.26 Å². The number of pyridine rings is 1. The van der Waals surface area contributed by atoms with Crippen molar-refractivity contribution in [2.24, 2.45) is 0 Å². The van der Waals surface area contributed by atoms with Crippen molar-refractivity contribution in [3.63, 3.8) is 0 Å². The van der Waals surface area contributed by atoms with Gasteiger partial charge < -0.3 is 9.84 Å². The fourth-order valence-corrected chi connectivity index (χ4v) is 2.78. The number of carbonyl (C=O) groups is 1. The first-order chi connectivity index (χ1) is 13.3. The number of non-ortho nitro benzene ring substituents is 1. The lowest BCUT2D eigenvalue weighted by Gasteiger charge is -2.15. The molecule has 0 aliphatic carbocycles. The Balaban J connectivity index is 2.53. The Morgan fingerprint density at radius 1 is 1.36 bits per heavy atom. The van der Waals surface area contributed by atoms with Crippen LogP contribution in [0, 0.1) is 28.4 Å². The van der Waals surface area contributed by atoms with E-state index in [0.717, 1.165) is 4.57 Å². The molecule has 146 valence electrons. The standard InChI is InChI=1S/C19H19N3O6/c1-3-28-10-4-9-21-18(24)15(11-20)12(2)16(19(21)25)17(23)13-5-7-14(8-6-13)22(26)27/h5-8,25H,3-4,9-10H2,1-2H3. The first-order valence-corrected chi connectivity index (χ1v) is 8.56. The van der Waals surface area contributed by atoms with Crippen LogP contribution in [0.25, 0.3) is 0 Å². The Labute approximate surface area is 160 Å². The predicted octanol–water partition coefficient (Wildman–Crippen LogP) is 2.30. The second kappa shape index (κ2) is 8.92. The lowest BCUT2D eigenvalue weighted by molar-refractivity contribution is -0.384. The zero-order valence-electron chi connectivity index (χ0n) is 15.5. The first-order valence-electron chi connectivity index (χ1n) is 8.56. The molecule has 9 nitrogen and oxygen atoms in total. The molecule has 1 aromatic heterocycles. The topological polar surface area (TPSA) is 135 Å². The zero-order chi connectivity index (χ0) is 20.8. The molecule has 0 radical (unpaired) electrons. The van der Waals surface area contributed by atoms with Gasteiger partial charge in [0.1, 0.15) is 11.6 Å². The number of aromatic hydroxyl groups is 1. The highest BCUT2D eigenvalue weighted by atomic mass is 16.6. The normalized spacial score (nSPS) is 10.5. The van der Waals surface area contributed by atoms with Gasteiger partial charge in [0, 0.05) is 37.5 Å². The summed E-state index contributed by atoms with van der Waals surface area (Å²) in [5.74, 6) is -1.18. The lowest BCUT2D eigenvalue weighted by atomic mass is 9.97. The van der Waals surface area contributed by atoms with Gasteiger partial charge in [-0.25, -0.2) is 0 Å². The summed E-state index contributed by atoms with van der Waals surface area (Å²) in [7, 11) is 0. The maximum absolute atomic E-state index is 12.9. The van der Waals surface area contributed by atoms with Crippen molar-refractivity contribution in [2.45, 2.75) is 26.8 Å². The van der Waals surface area contributed by atoms with Crippen LogP contribution in [-0.2, 0) is 11.3 Å². The molecule has 0 saturated heterocycles. The summed E-state index contributed by atoms with van der Waals surface area (Å²) in [6, 6.07) is 6.65. The molecule has 1 N–H and O–H groups in total. The maximum Gasteiger partial charge on any atom is 0.271 e. The molecule has 2 aromatic rings. The number of ketones is 1. The summed E-state index contributed by atoms with van der Waals surface area (Å²) in [6.07, 6.45) is 0.403. The van der Waals surface area contributed by atoms with Crippen molar-refractivity contribution in [3.05, 3.63) is 67.0 Å². The van der Waals surface area contributed by atoms with Crippen LogP contribution < -0.4 is 5.56 Å². The average Bonchev–Trinajstić information content (AvgIpc) is 2.67. The number of nitro groups is 1. The summed E-state index contributed by atoms with van der Waals surface area (Å²) in [4.78, 5) is 35.6. The minimum Gasteiger partial charge on any atom is -0.494 e. The van der Waals surface area contributed by atoms with Crippen LogP contribution in [0.2, 0.25) is 0 Å². The number of carbonyl (C=O) groups excluding carboxylic acids is 1. The molecule has 0 unspecified atom stereocenters. The molecule has 0 atom stereocenters. The highest BCUT2D eigenvalue weighted by Gasteiger charge is 2.25. The van der Waals surface area contributed by atoms with Crippen molar-refractivity contribution < 1.29 is 19.6 Å². The smallest absolute Gasteiger partial charge is 0.271 e. The molecule has 0 amide bonds. The molecule has 0 spiro atoms. The van der Waals surface area contributed by atoms with Crippen LogP contribution in [0.3, 0.4) is 0 Å². The largest absolute Gasteiger partial charge is 0.494 e. The summed E-state index contributed by atoms with van der Waals surface area (Å²) in [6.45, 7) is 4.15. The quantitative estimate of drug-likeness (QED) is 0.319. The Hall–Kier alpha value is -3.51. The van der Waals surface area contributed by atoms with E-state index in [9.17, 15) is 30.1 Å². The minimum absolute atomic E-state index is 0.0643. The van der Waals surface area contributed by atoms with Gasteiger partial charge in [-0.3, -0.25) is 24.3 Å². The SMILES string of the molecule is CCOCCCn1c(O)c(C(=O)c2ccc([N+](=O)[O-])cc2)c(C)c(C#N)c1=O. The number of rotatable bonds is 8. The van der Waals surface area contributed by atoms with Gasteiger partial charge in [0.25, 0.3) is 11.2 Å². The number of nitro benzene ring substituents is 1. The molecular weight excluding hydrogens is 366 g/mol. The van der Waals surface area contributed by atoms with E-state index in [1.807, 2.05) is 6.92 Å². The van der Waals surface area contributed by atoms with Gasteiger partial charge in [0.05, 0.1) is 10.5 Å².